The molecule has 1 aromatic carbocycles. The summed E-state index contributed by atoms with van der Waals surface area (Å²) in [6.07, 6.45) is 0. The minimum absolute atomic E-state index is 0.129. The number of para-hydroxylation sites is 1. The van der Waals surface area contributed by atoms with Crippen molar-refractivity contribution in [3.8, 4) is 0 Å². The summed E-state index contributed by atoms with van der Waals surface area (Å²) in [5.41, 5.74) is 6.58. The van der Waals surface area contributed by atoms with Gasteiger partial charge in [0.2, 0.25) is 0 Å². The van der Waals surface area contributed by atoms with Gasteiger partial charge in [0.05, 0.1) is 0 Å². The molecule has 0 saturated heterocycles. The average Bonchev–Trinajstić information content (AvgIpc) is 2.76. The molecule has 0 saturated carbocycles. The number of benzene rings is 1. The third-order valence-electron chi connectivity index (χ3n) is 2.78. The van der Waals surface area contributed by atoms with Crippen LogP contribution in [0.5, 0.6) is 0 Å². The minimum atomic E-state index is -0.154. The van der Waals surface area contributed by atoms with E-state index >= 15 is 0 Å². The highest BCUT2D eigenvalue weighted by molar-refractivity contribution is 7.18. The lowest BCUT2D eigenvalue weighted by atomic mass is 10.1. The van der Waals surface area contributed by atoms with Crippen molar-refractivity contribution >= 4 is 33.9 Å². The van der Waals surface area contributed by atoms with Crippen molar-refractivity contribution in [2.75, 3.05) is 23.0 Å². The fourth-order valence-corrected chi connectivity index (χ4v) is 2.85. The Hall–Kier alpha value is -2.08. The molecule has 1 amide bonds. The quantitative estimate of drug-likeness (QED) is 0.913. The van der Waals surface area contributed by atoms with E-state index < -0.39 is 0 Å². The number of aromatic nitrogens is 1. The van der Waals surface area contributed by atoms with Crippen LogP contribution in [0.1, 0.15) is 30.4 Å². The second kappa shape index (κ2) is 5.73. The van der Waals surface area contributed by atoms with Gasteiger partial charge in [-0.05, 0) is 32.9 Å². The second-order valence-electron chi connectivity index (χ2n) is 5.81. The number of rotatable bonds is 3. The summed E-state index contributed by atoms with van der Waals surface area (Å²) in [4.78, 5) is 18.8. The van der Waals surface area contributed by atoms with Crippen LogP contribution in [0, 0.1) is 0 Å². The zero-order valence-electron chi connectivity index (χ0n) is 12.7. The maximum absolute atomic E-state index is 12.5. The molecule has 2 rings (SSSR count). The number of carbonyl (C=O) groups is 1. The Morgan fingerprint density at radius 2 is 1.90 bits per heavy atom. The molecule has 2 aromatic rings. The Labute approximate surface area is 128 Å². The van der Waals surface area contributed by atoms with Crippen molar-refractivity contribution < 1.29 is 4.79 Å². The number of hydrogen-bond donors (Lipinski definition) is 2. The number of nitrogens with two attached hydrogens (primary N) is 1. The summed E-state index contributed by atoms with van der Waals surface area (Å²) in [5, 5.41) is 3.89. The van der Waals surface area contributed by atoms with Crippen molar-refractivity contribution in [3.05, 3.63) is 35.2 Å². The van der Waals surface area contributed by atoms with E-state index in [9.17, 15) is 4.79 Å². The highest BCUT2D eigenvalue weighted by atomic mass is 32.1. The number of amides is 1. The second-order valence-corrected chi connectivity index (χ2v) is 6.81. The van der Waals surface area contributed by atoms with Gasteiger partial charge < -0.3 is 16.0 Å². The molecule has 0 aliphatic carbocycles. The molecule has 0 fully saturated rings. The zero-order chi connectivity index (χ0) is 15.6. The Morgan fingerprint density at radius 1 is 1.29 bits per heavy atom. The largest absolute Gasteiger partial charge is 0.382 e. The molecule has 3 N–H and O–H groups in total. The van der Waals surface area contributed by atoms with Crippen LogP contribution in [0.2, 0.25) is 0 Å². The summed E-state index contributed by atoms with van der Waals surface area (Å²) < 4.78 is 0. The molecule has 0 radical (unpaired) electrons. The SMILES string of the molecule is CN(C(=O)c1sc(NC(C)(C)C)nc1N)c1ccccc1. The molecule has 0 bridgehead atoms. The molecule has 0 aliphatic rings. The predicted octanol–water partition coefficient (Wildman–Crippen LogP) is 3.21. The molecule has 112 valence electrons. The molecule has 0 atom stereocenters. The maximum atomic E-state index is 12.5. The number of nitrogens with zero attached hydrogens (tertiary/aromatic N) is 2. The average molecular weight is 304 g/mol. The lowest BCUT2D eigenvalue weighted by Gasteiger charge is -2.19. The standard InChI is InChI=1S/C15H20N4OS/c1-15(2,3)18-14-17-12(16)11(21-14)13(20)19(4)10-8-6-5-7-9-10/h5-9H,16H2,1-4H3,(H,17,18). The number of anilines is 3. The first-order valence-corrected chi connectivity index (χ1v) is 7.47. The minimum Gasteiger partial charge on any atom is -0.382 e. The van der Waals surface area contributed by atoms with Gasteiger partial charge in [-0.25, -0.2) is 4.98 Å². The van der Waals surface area contributed by atoms with Crippen LogP contribution in [0.3, 0.4) is 0 Å². The predicted molar refractivity (Wildman–Crippen MR) is 89.1 cm³/mol. The van der Waals surface area contributed by atoms with E-state index in [1.807, 2.05) is 51.1 Å². The fraction of sp³-hybridized carbons (Fsp3) is 0.333. The van der Waals surface area contributed by atoms with Crippen molar-refractivity contribution in [1.82, 2.24) is 4.98 Å². The number of nitrogen functional groups attached to an aromatic ring is 1. The van der Waals surface area contributed by atoms with Crippen LogP contribution < -0.4 is 16.0 Å². The molecule has 0 aliphatic heterocycles. The van der Waals surface area contributed by atoms with Gasteiger partial charge in [0.15, 0.2) is 5.13 Å². The van der Waals surface area contributed by atoms with Crippen molar-refractivity contribution in [2.45, 2.75) is 26.3 Å². The van der Waals surface area contributed by atoms with E-state index in [0.717, 1.165) is 5.69 Å². The van der Waals surface area contributed by atoms with Gasteiger partial charge in [0.1, 0.15) is 10.7 Å². The van der Waals surface area contributed by atoms with Crippen LogP contribution in [0.15, 0.2) is 30.3 Å². The number of thiazole rings is 1. The summed E-state index contributed by atoms with van der Waals surface area (Å²) in [6, 6.07) is 9.45. The highest BCUT2D eigenvalue weighted by Gasteiger charge is 2.22. The van der Waals surface area contributed by atoms with Gasteiger partial charge in [-0.3, -0.25) is 4.79 Å². The van der Waals surface area contributed by atoms with Crippen LogP contribution in [0.4, 0.5) is 16.6 Å². The highest BCUT2D eigenvalue weighted by Crippen LogP contribution is 2.29. The first-order chi connectivity index (χ1) is 9.78. The van der Waals surface area contributed by atoms with Crippen LogP contribution >= 0.6 is 11.3 Å². The van der Waals surface area contributed by atoms with E-state index in [4.69, 9.17) is 5.73 Å². The first kappa shape index (κ1) is 15.3. The zero-order valence-corrected chi connectivity index (χ0v) is 13.5. The van der Waals surface area contributed by atoms with Gasteiger partial charge in [-0.15, -0.1) is 0 Å². The normalized spacial score (nSPS) is 11.2. The van der Waals surface area contributed by atoms with E-state index in [2.05, 4.69) is 10.3 Å². The Kier molecular flexibility index (Phi) is 4.18. The van der Waals surface area contributed by atoms with Gasteiger partial charge >= 0.3 is 0 Å². The van der Waals surface area contributed by atoms with Crippen LogP contribution in [-0.4, -0.2) is 23.5 Å². The fourth-order valence-electron chi connectivity index (χ4n) is 1.78. The molecular weight excluding hydrogens is 284 g/mol. The van der Waals surface area contributed by atoms with Crippen molar-refractivity contribution in [3.63, 3.8) is 0 Å². The Morgan fingerprint density at radius 3 is 2.48 bits per heavy atom. The summed E-state index contributed by atoms with van der Waals surface area (Å²) in [6.45, 7) is 6.09. The third-order valence-corrected chi connectivity index (χ3v) is 3.75. The van der Waals surface area contributed by atoms with Gasteiger partial charge in [-0.1, -0.05) is 29.5 Å². The van der Waals surface area contributed by atoms with E-state index in [-0.39, 0.29) is 17.3 Å². The smallest absolute Gasteiger partial charge is 0.272 e. The van der Waals surface area contributed by atoms with Crippen LogP contribution in [-0.2, 0) is 0 Å². The molecule has 0 spiro atoms. The summed E-state index contributed by atoms with van der Waals surface area (Å²) in [5.74, 6) is 0.109. The molecular formula is C15H20N4OS. The molecule has 1 aromatic heterocycles. The molecule has 0 unspecified atom stereocenters. The Balaban J connectivity index is 2.24. The first-order valence-electron chi connectivity index (χ1n) is 6.65. The molecule has 21 heavy (non-hydrogen) atoms. The van der Waals surface area contributed by atoms with E-state index in [0.29, 0.717) is 10.0 Å². The van der Waals surface area contributed by atoms with Gasteiger partial charge in [0, 0.05) is 18.3 Å². The van der Waals surface area contributed by atoms with Crippen molar-refractivity contribution in [1.29, 1.82) is 0 Å². The number of hydrogen-bond acceptors (Lipinski definition) is 5. The van der Waals surface area contributed by atoms with E-state index in [1.54, 1.807) is 11.9 Å². The lowest BCUT2D eigenvalue weighted by molar-refractivity contribution is 0.0997. The third kappa shape index (κ3) is 3.72. The van der Waals surface area contributed by atoms with Crippen LogP contribution in [0.25, 0.3) is 0 Å². The summed E-state index contributed by atoms with van der Waals surface area (Å²) >= 11 is 1.28. The molecule has 5 nitrogen and oxygen atoms in total. The summed E-state index contributed by atoms with van der Waals surface area (Å²) in [7, 11) is 1.73. The Bertz CT molecular complexity index is 631. The van der Waals surface area contributed by atoms with Gasteiger partial charge in [-0.2, -0.15) is 0 Å². The van der Waals surface area contributed by atoms with Crippen molar-refractivity contribution in [2.24, 2.45) is 0 Å². The topological polar surface area (TPSA) is 71.2 Å². The van der Waals surface area contributed by atoms with E-state index in [1.165, 1.54) is 11.3 Å². The molecule has 1 heterocycles. The lowest BCUT2D eigenvalue weighted by Crippen LogP contribution is -2.26. The monoisotopic (exact) mass is 304 g/mol. The number of nitrogens with one attached hydrogen (secondary N) is 1. The van der Waals surface area contributed by atoms with Gasteiger partial charge in [0.25, 0.3) is 5.91 Å². The number of carbonyl (C=O) groups excluding carboxylic acids is 1. The molecule has 6 heteroatoms. The maximum Gasteiger partial charge on any atom is 0.272 e.